The molecule has 10 heteroatoms. The molecule has 0 amide bonds. The van der Waals surface area contributed by atoms with Gasteiger partial charge in [-0.25, -0.2) is 9.37 Å². The average molecular weight is 460 g/mol. The highest BCUT2D eigenvalue weighted by molar-refractivity contribution is 6.32. The molecule has 0 spiro atoms. The smallest absolute Gasteiger partial charge is 0.229 e. The molecule has 3 N–H and O–H groups in total. The highest BCUT2D eigenvalue weighted by atomic mass is 35.5. The Morgan fingerprint density at radius 1 is 1.12 bits per heavy atom. The number of methoxy groups -OCH3 is 2. The van der Waals surface area contributed by atoms with E-state index in [9.17, 15) is 4.39 Å². The van der Waals surface area contributed by atoms with Crippen molar-refractivity contribution in [2.45, 2.75) is 19.4 Å². The van der Waals surface area contributed by atoms with Crippen molar-refractivity contribution in [1.82, 2.24) is 9.97 Å². The van der Waals surface area contributed by atoms with Crippen molar-refractivity contribution in [3.63, 3.8) is 0 Å². The third-order valence-corrected chi connectivity index (χ3v) is 5.06. The summed E-state index contributed by atoms with van der Waals surface area (Å²) in [6.45, 7) is 4.64. The van der Waals surface area contributed by atoms with Gasteiger partial charge in [0.1, 0.15) is 23.9 Å². The SMILES string of the molecule is COc1cc(OC)c(Nc2ncc(F)c(Nc3ccc4c(c3)NC(C)(C)CO4)n2)cc1Cl. The van der Waals surface area contributed by atoms with E-state index in [0.717, 1.165) is 17.6 Å². The van der Waals surface area contributed by atoms with E-state index in [1.54, 1.807) is 18.2 Å². The van der Waals surface area contributed by atoms with Gasteiger partial charge in [-0.3, -0.25) is 0 Å². The monoisotopic (exact) mass is 459 g/mol. The van der Waals surface area contributed by atoms with E-state index in [-0.39, 0.29) is 17.3 Å². The maximum absolute atomic E-state index is 14.4. The molecule has 0 atom stereocenters. The molecule has 1 aliphatic heterocycles. The third-order valence-electron chi connectivity index (χ3n) is 4.77. The van der Waals surface area contributed by atoms with E-state index >= 15 is 0 Å². The molecule has 168 valence electrons. The molecule has 3 aromatic rings. The molecule has 0 saturated carbocycles. The Bertz CT molecular complexity index is 1160. The van der Waals surface area contributed by atoms with E-state index in [4.69, 9.17) is 25.8 Å². The number of hydrogen-bond acceptors (Lipinski definition) is 8. The van der Waals surface area contributed by atoms with E-state index in [1.165, 1.54) is 14.2 Å². The van der Waals surface area contributed by atoms with Crippen molar-refractivity contribution in [2.75, 3.05) is 36.8 Å². The second-order valence-electron chi connectivity index (χ2n) is 7.84. The van der Waals surface area contributed by atoms with Crippen molar-refractivity contribution in [1.29, 1.82) is 0 Å². The summed E-state index contributed by atoms with van der Waals surface area (Å²) < 4.78 is 30.8. The maximum atomic E-state index is 14.4. The zero-order valence-electron chi connectivity index (χ0n) is 18.0. The lowest BCUT2D eigenvalue weighted by Gasteiger charge is -2.33. The molecule has 1 aliphatic rings. The molecule has 4 rings (SSSR count). The van der Waals surface area contributed by atoms with Crippen molar-refractivity contribution in [3.8, 4) is 17.2 Å². The van der Waals surface area contributed by atoms with E-state index < -0.39 is 5.82 Å². The fourth-order valence-corrected chi connectivity index (χ4v) is 3.46. The van der Waals surface area contributed by atoms with Gasteiger partial charge in [-0.2, -0.15) is 4.98 Å². The molecule has 0 aliphatic carbocycles. The minimum atomic E-state index is -0.600. The lowest BCUT2D eigenvalue weighted by atomic mass is 10.0. The van der Waals surface area contributed by atoms with Gasteiger partial charge in [0, 0.05) is 11.8 Å². The van der Waals surface area contributed by atoms with Gasteiger partial charge >= 0.3 is 0 Å². The molecule has 1 aromatic heterocycles. The van der Waals surface area contributed by atoms with Crippen molar-refractivity contribution >= 4 is 40.4 Å². The number of nitrogens with zero attached hydrogens (tertiary/aromatic N) is 2. The molecule has 0 saturated heterocycles. The van der Waals surface area contributed by atoms with Crippen LogP contribution in [0.3, 0.4) is 0 Å². The summed E-state index contributed by atoms with van der Waals surface area (Å²) >= 11 is 6.22. The fourth-order valence-electron chi connectivity index (χ4n) is 3.22. The molecule has 0 unspecified atom stereocenters. The first-order chi connectivity index (χ1) is 15.3. The van der Waals surface area contributed by atoms with Crippen LogP contribution in [-0.4, -0.2) is 36.3 Å². The van der Waals surface area contributed by atoms with Gasteiger partial charge in [-0.15, -0.1) is 0 Å². The minimum Gasteiger partial charge on any atom is -0.495 e. The van der Waals surface area contributed by atoms with Gasteiger partial charge in [0.15, 0.2) is 11.6 Å². The highest BCUT2D eigenvalue weighted by Crippen LogP contribution is 2.38. The van der Waals surface area contributed by atoms with Crippen LogP contribution in [0.25, 0.3) is 0 Å². The topological polar surface area (TPSA) is 89.6 Å². The first-order valence-electron chi connectivity index (χ1n) is 9.81. The molecule has 2 aromatic carbocycles. The van der Waals surface area contributed by atoms with Crippen LogP contribution in [0.2, 0.25) is 5.02 Å². The Labute approximate surface area is 190 Å². The molecular weight excluding hydrogens is 437 g/mol. The van der Waals surface area contributed by atoms with Crippen LogP contribution in [0.4, 0.5) is 33.2 Å². The second kappa shape index (κ2) is 8.58. The Hall–Kier alpha value is -3.46. The standard InChI is InChI=1S/C22H23ClFN5O3/c1-22(2)11-32-17-6-5-12(7-16(17)29-22)26-20-14(24)10-25-21(28-20)27-15-8-13(23)18(30-3)9-19(15)31-4/h5-10,29H,11H2,1-4H3,(H2,25,26,27,28). The molecule has 2 heterocycles. The normalized spacial score (nSPS) is 13.9. The molecule has 0 radical (unpaired) electrons. The summed E-state index contributed by atoms with van der Waals surface area (Å²) in [5, 5.41) is 9.78. The number of fused-ring (bicyclic) bond motifs is 1. The number of anilines is 5. The largest absolute Gasteiger partial charge is 0.495 e. The fraction of sp³-hybridized carbons (Fsp3) is 0.273. The Balaban J connectivity index is 1.59. The molecule has 0 fully saturated rings. The van der Waals surface area contributed by atoms with E-state index in [1.807, 2.05) is 26.0 Å². The summed E-state index contributed by atoms with van der Waals surface area (Å²) in [5.74, 6) is 1.24. The van der Waals surface area contributed by atoms with Crippen molar-refractivity contribution < 1.29 is 18.6 Å². The summed E-state index contributed by atoms with van der Waals surface area (Å²) in [6.07, 6.45) is 1.08. The predicted molar refractivity (Wildman–Crippen MR) is 123 cm³/mol. The van der Waals surface area contributed by atoms with Crippen LogP contribution in [-0.2, 0) is 0 Å². The number of ether oxygens (including phenoxy) is 3. The van der Waals surface area contributed by atoms with Crippen LogP contribution in [0.1, 0.15) is 13.8 Å². The van der Waals surface area contributed by atoms with Gasteiger partial charge in [-0.05, 0) is 38.1 Å². The highest BCUT2D eigenvalue weighted by Gasteiger charge is 2.25. The lowest BCUT2D eigenvalue weighted by molar-refractivity contribution is 0.242. The number of rotatable bonds is 6. The van der Waals surface area contributed by atoms with Crippen molar-refractivity contribution in [3.05, 3.63) is 47.4 Å². The average Bonchev–Trinajstić information content (AvgIpc) is 2.75. The van der Waals surface area contributed by atoms with Crippen LogP contribution >= 0.6 is 11.6 Å². The molecule has 0 bridgehead atoms. The zero-order valence-corrected chi connectivity index (χ0v) is 18.8. The first kappa shape index (κ1) is 21.8. The van der Waals surface area contributed by atoms with Crippen LogP contribution in [0.15, 0.2) is 36.5 Å². The number of halogens is 2. The summed E-state index contributed by atoms with van der Waals surface area (Å²) in [5.41, 5.74) is 1.76. The Morgan fingerprint density at radius 3 is 2.66 bits per heavy atom. The van der Waals surface area contributed by atoms with Crippen molar-refractivity contribution in [2.24, 2.45) is 0 Å². The number of aromatic nitrogens is 2. The predicted octanol–water partition coefficient (Wildman–Crippen LogP) is 5.36. The Morgan fingerprint density at radius 2 is 1.91 bits per heavy atom. The lowest BCUT2D eigenvalue weighted by Crippen LogP contribution is -2.40. The molecule has 32 heavy (non-hydrogen) atoms. The maximum Gasteiger partial charge on any atom is 0.229 e. The minimum absolute atomic E-state index is 0.0111. The zero-order chi connectivity index (χ0) is 22.9. The number of hydrogen-bond donors (Lipinski definition) is 3. The second-order valence-corrected chi connectivity index (χ2v) is 8.24. The van der Waals surface area contributed by atoms with Gasteiger partial charge in [0.25, 0.3) is 0 Å². The van der Waals surface area contributed by atoms with Crippen LogP contribution in [0, 0.1) is 5.82 Å². The van der Waals surface area contributed by atoms with Crippen LogP contribution < -0.4 is 30.2 Å². The van der Waals surface area contributed by atoms with Gasteiger partial charge < -0.3 is 30.2 Å². The van der Waals surface area contributed by atoms with Crippen LogP contribution in [0.5, 0.6) is 17.2 Å². The molecule has 8 nitrogen and oxygen atoms in total. The van der Waals surface area contributed by atoms with E-state index in [2.05, 4.69) is 25.9 Å². The number of benzene rings is 2. The van der Waals surface area contributed by atoms with E-state index in [0.29, 0.717) is 34.5 Å². The number of nitrogens with one attached hydrogen (secondary N) is 3. The third kappa shape index (κ3) is 4.57. The quantitative estimate of drug-likeness (QED) is 0.454. The first-order valence-corrected chi connectivity index (χ1v) is 10.2. The summed E-state index contributed by atoms with van der Waals surface area (Å²) in [6, 6.07) is 8.71. The molecular formula is C22H23ClFN5O3. The Kier molecular flexibility index (Phi) is 5.84. The summed E-state index contributed by atoms with van der Waals surface area (Å²) in [4.78, 5) is 8.27. The summed E-state index contributed by atoms with van der Waals surface area (Å²) in [7, 11) is 3.03. The van der Waals surface area contributed by atoms with Gasteiger partial charge in [0.05, 0.1) is 42.4 Å². The van der Waals surface area contributed by atoms with Gasteiger partial charge in [-0.1, -0.05) is 11.6 Å². The van der Waals surface area contributed by atoms with Gasteiger partial charge in [0.2, 0.25) is 5.95 Å².